The monoisotopic (exact) mass is 103 g/mol. The molecule has 1 nitrogen and oxygen atoms in total. The van der Waals surface area contributed by atoms with Gasteiger partial charge in [-0.2, -0.15) is 0 Å². The smallest absolute Gasteiger partial charge is 0.142 e. The summed E-state index contributed by atoms with van der Waals surface area (Å²) in [6, 6.07) is 0. The molecule has 0 aliphatic rings. The largest absolute Gasteiger partial charge is 0.553 e. The van der Waals surface area contributed by atoms with Crippen molar-refractivity contribution in [1.82, 2.24) is 0 Å². The SMILES string of the molecule is FC(F)(F)O[18F]. The lowest BCUT2D eigenvalue weighted by Gasteiger charge is -1.91. The Morgan fingerprint density at radius 3 is 1.33 bits per heavy atom. The van der Waals surface area contributed by atoms with Crippen LogP contribution in [0.1, 0.15) is 0 Å². The summed E-state index contributed by atoms with van der Waals surface area (Å²) < 4.78 is 40.4. The molecule has 0 amide bonds. The fourth-order valence-electron chi connectivity index (χ4n) is 0. The molecule has 0 unspecified atom stereocenters. The summed E-state index contributed by atoms with van der Waals surface area (Å²) in [6.45, 7) is 0. The van der Waals surface area contributed by atoms with E-state index in [9.17, 15) is 17.7 Å². The van der Waals surface area contributed by atoms with Crippen molar-refractivity contribution in [2.45, 2.75) is 6.36 Å². The number of alkyl halides is 3. The molecule has 0 spiro atoms. The third kappa shape index (κ3) is 3.68. The molecule has 0 fully saturated rings. The molecule has 38 valence electrons. The lowest BCUT2D eigenvalue weighted by Crippen LogP contribution is -2.05. The Bertz CT molecular complexity index is 37.3. The molecule has 0 radical (unpaired) electrons. The molecule has 0 bridgehead atoms. The van der Waals surface area contributed by atoms with Gasteiger partial charge in [0.25, 0.3) is 0 Å². The molecule has 0 rings (SSSR count). The van der Waals surface area contributed by atoms with E-state index in [0.717, 1.165) is 0 Å². The van der Waals surface area contributed by atoms with Gasteiger partial charge >= 0.3 is 6.36 Å². The van der Waals surface area contributed by atoms with Crippen LogP contribution in [0.15, 0.2) is 0 Å². The standard InChI is InChI=1S/CF4O/c2-1(3,4)6-5/i5-1. The fraction of sp³-hybridized carbons (Fsp3) is 1.00. The van der Waals surface area contributed by atoms with Crippen molar-refractivity contribution < 1.29 is 22.6 Å². The Labute approximate surface area is 30.4 Å². The van der Waals surface area contributed by atoms with Crippen molar-refractivity contribution in [2.75, 3.05) is 0 Å². The number of hydrogen-bond donors (Lipinski definition) is 0. The maximum absolute atomic E-state index is 10.2. The van der Waals surface area contributed by atoms with Gasteiger partial charge in [-0.3, -0.25) is 0 Å². The summed E-state index contributed by atoms with van der Waals surface area (Å²) >= 11 is 0. The molecule has 0 aromatic carbocycles. The zero-order valence-electron chi connectivity index (χ0n) is 2.42. The van der Waals surface area contributed by atoms with E-state index in [2.05, 4.69) is 0 Å². The Balaban J connectivity index is 3.17. The average molecular weight is 103 g/mol. The first-order valence-corrected chi connectivity index (χ1v) is 0.925. The van der Waals surface area contributed by atoms with Gasteiger partial charge in [0.1, 0.15) is 0 Å². The van der Waals surface area contributed by atoms with E-state index in [1.807, 2.05) is 0 Å². The average Bonchev–Trinajstić information content (AvgIpc) is 1.35. The van der Waals surface area contributed by atoms with Gasteiger partial charge < -0.3 is 0 Å². The lowest BCUT2D eigenvalue weighted by atomic mass is 11.4. The molecule has 0 heterocycles. The molecule has 6 heavy (non-hydrogen) atoms. The molecule has 0 aromatic heterocycles. The first-order chi connectivity index (χ1) is 2.56. The van der Waals surface area contributed by atoms with Crippen LogP contribution in [0.2, 0.25) is 0 Å². The Kier molecular flexibility index (Phi) is 1.34. The third-order valence-corrected chi connectivity index (χ3v) is 0.0875. The number of halogens is 4. The zero-order chi connectivity index (χ0) is 5.21. The normalized spacial score (nSPS) is 12.0. The van der Waals surface area contributed by atoms with Crippen molar-refractivity contribution in [1.29, 1.82) is 0 Å². The highest BCUT2D eigenvalue weighted by Crippen LogP contribution is 2.15. The Hall–Kier alpha value is -0.320. The van der Waals surface area contributed by atoms with Gasteiger partial charge in [-0.05, 0) is 4.53 Å². The van der Waals surface area contributed by atoms with Crippen molar-refractivity contribution in [3.63, 3.8) is 0 Å². The van der Waals surface area contributed by atoms with Gasteiger partial charge in [-0.15, -0.1) is 13.2 Å². The van der Waals surface area contributed by atoms with Gasteiger partial charge in [0.15, 0.2) is 0 Å². The summed E-state index contributed by atoms with van der Waals surface area (Å²) in [7, 11) is 0. The molecule has 5 heteroatoms. The Morgan fingerprint density at radius 2 is 1.33 bits per heavy atom. The van der Waals surface area contributed by atoms with Gasteiger partial charge in [0.2, 0.25) is 0 Å². The van der Waals surface area contributed by atoms with Crippen LogP contribution >= 0.6 is 0 Å². The first kappa shape index (κ1) is 5.68. The lowest BCUT2D eigenvalue weighted by molar-refractivity contribution is -0.416. The minimum absolute atomic E-state index is 1.44. The van der Waals surface area contributed by atoms with E-state index in [1.165, 1.54) is 4.94 Å². The van der Waals surface area contributed by atoms with E-state index < -0.39 is 6.36 Å². The summed E-state index contributed by atoms with van der Waals surface area (Å²) in [4.78, 5) is 1.44. The van der Waals surface area contributed by atoms with E-state index in [4.69, 9.17) is 0 Å². The van der Waals surface area contributed by atoms with E-state index in [0.29, 0.717) is 0 Å². The quantitative estimate of drug-likeness (QED) is 0.421. The third-order valence-electron chi connectivity index (χ3n) is 0.0875. The molecule has 0 N–H and O–H groups in total. The number of rotatable bonds is 0. The zero-order valence-corrected chi connectivity index (χ0v) is 2.42. The fourth-order valence-corrected chi connectivity index (χ4v) is 0. The highest BCUT2D eigenvalue weighted by molar-refractivity contribution is 4.11. The van der Waals surface area contributed by atoms with Crippen molar-refractivity contribution >= 4 is 0 Å². The maximum Gasteiger partial charge on any atom is 0.553 e. The second kappa shape index (κ2) is 1.42. The topological polar surface area (TPSA) is 9.23 Å². The van der Waals surface area contributed by atoms with Crippen molar-refractivity contribution in [3.05, 3.63) is 0 Å². The predicted octanol–water partition coefficient (Wildman–Crippen LogP) is 1.41. The molecule has 0 atom stereocenters. The second-order valence-electron chi connectivity index (χ2n) is 0.523. The van der Waals surface area contributed by atoms with Crippen LogP contribution in [0.4, 0.5) is 17.7 Å². The molecular formula is CF4O. The van der Waals surface area contributed by atoms with Crippen LogP contribution in [0.5, 0.6) is 0 Å². The highest BCUT2D eigenvalue weighted by atomic mass is 19.4. The Morgan fingerprint density at radius 1 is 1.17 bits per heavy atom. The van der Waals surface area contributed by atoms with Crippen LogP contribution in [-0.4, -0.2) is 6.36 Å². The van der Waals surface area contributed by atoms with E-state index in [1.54, 1.807) is 0 Å². The highest BCUT2D eigenvalue weighted by Gasteiger charge is 2.30. The first-order valence-electron chi connectivity index (χ1n) is 0.925. The van der Waals surface area contributed by atoms with Gasteiger partial charge in [-0.1, -0.05) is 4.94 Å². The van der Waals surface area contributed by atoms with Crippen LogP contribution in [0.25, 0.3) is 0 Å². The summed E-state index contributed by atoms with van der Waals surface area (Å²) in [5.41, 5.74) is 0. The van der Waals surface area contributed by atoms with Crippen LogP contribution in [-0.2, 0) is 4.94 Å². The molecule has 0 saturated carbocycles. The minimum Gasteiger partial charge on any atom is -0.142 e. The van der Waals surface area contributed by atoms with E-state index in [-0.39, 0.29) is 0 Å². The molecular weight excluding hydrogens is 103 g/mol. The van der Waals surface area contributed by atoms with Crippen molar-refractivity contribution in [2.24, 2.45) is 0 Å². The second-order valence-corrected chi connectivity index (χ2v) is 0.523. The molecule has 0 aromatic rings. The van der Waals surface area contributed by atoms with Gasteiger partial charge in [0, 0.05) is 0 Å². The van der Waals surface area contributed by atoms with Crippen LogP contribution in [0, 0.1) is 0 Å². The van der Waals surface area contributed by atoms with Gasteiger partial charge in [-0.25, -0.2) is 0 Å². The summed E-state index contributed by atoms with van der Waals surface area (Å²) in [5, 5.41) is 0. The predicted molar refractivity (Wildman–Crippen MR) is 8.25 cm³/mol. The van der Waals surface area contributed by atoms with Gasteiger partial charge in [0.05, 0.1) is 0 Å². The maximum atomic E-state index is 10.2. The van der Waals surface area contributed by atoms with E-state index >= 15 is 0 Å². The van der Waals surface area contributed by atoms with Crippen LogP contribution < -0.4 is 0 Å². The molecule has 0 saturated heterocycles. The minimum atomic E-state index is -5.12. The summed E-state index contributed by atoms with van der Waals surface area (Å²) in [5.74, 6) is 0. The van der Waals surface area contributed by atoms with Crippen molar-refractivity contribution in [3.8, 4) is 0 Å². The number of hydrogen-bond acceptors (Lipinski definition) is 1. The molecule has 0 aliphatic heterocycles. The molecule has 0 aliphatic carbocycles. The summed E-state index contributed by atoms with van der Waals surface area (Å²) in [6.07, 6.45) is -5.12. The van der Waals surface area contributed by atoms with Crippen LogP contribution in [0.3, 0.4) is 0 Å².